The van der Waals surface area contributed by atoms with Crippen LogP contribution in [0.15, 0.2) is 158 Å². The fourth-order valence-electron chi connectivity index (χ4n) is 10.0. The molecule has 0 atom stereocenters. The van der Waals surface area contributed by atoms with Gasteiger partial charge in [0.1, 0.15) is 11.6 Å². The van der Waals surface area contributed by atoms with Gasteiger partial charge in [-0.1, -0.05) is 207 Å². The number of aromatic nitrogens is 3. The zero-order chi connectivity index (χ0) is 52.6. The summed E-state index contributed by atoms with van der Waals surface area (Å²) >= 11 is 0. The molecule has 0 saturated carbocycles. The van der Waals surface area contributed by atoms with Crippen molar-refractivity contribution in [1.82, 2.24) is 14.5 Å². The average molecular weight is 962 g/mol. The second-order valence-corrected chi connectivity index (χ2v) is 25.5. The van der Waals surface area contributed by atoms with Crippen molar-refractivity contribution in [3.05, 3.63) is 191 Å². The van der Waals surface area contributed by atoms with Gasteiger partial charge in [0.25, 0.3) is 0 Å². The number of phenolic OH excluding ortho intramolecular Hbond substituents is 1. The lowest BCUT2D eigenvalue weighted by Crippen LogP contribution is -2.17. The topological polar surface area (TPSA) is 50.9 Å². The van der Waals surface area contributed by atoms with Crippen molar-refractivity contribution >= 4 is 11.0 Å². The van der Waals surface area contributed by atoms with E-state index in [-0.39, 0.29) is 32.8 Å². The van der Waals surface area contributed by atoms with Crippen molar-refractivity contribution in [2.75, 3.05) is 0 Å². The average Bonchev–Trinajstić information content (AvgIpc) is 3.72. The van der Waals surface area contributed by atoms with Crippen molar-refractivity contribution < 1.29 is 5.11 Å². The first-order valence-corrected chi connectivity index (χ1v) is 26.1. The summed E-state index contributed by atoms with van der Waals surface area (Å²) in [6.07, 6.45) is 1.93. The van der Waals surface area contributed by atoms with Gasteiger partial charge in [-0.2, -0.15) is 0 Å². The van der Waals surface area contributed by atoms with Gasteiger partial charge in [0.2, 0.25) is 0 Å². The summed E-state index contributed by atoms with van der Waals surface area (Å²) in [5.74, 6) is 0.943. The molecule has 0 radical (unpaired) electrons. The molecule has 2 aromatic heterocycles. The van der Waals surface area contributed by atoms with Crippen molar-refractivity contribution in [3.63, 3.8) is 0 Å². The Bertz CT molecular complexity index is 3500. The van der Waals surface area contributed by atoms with Crippen LogP contribution >= 0.6 is 0 Å². The minimum atomic E-state index is -0.346. The molecule has 4 nitrogen and oxygen atoms in total. The molecule has 0 fully saturated rings. The van der Waals surface area contributed by atoms with E-state index in [0.717, 1.165) is 83.6 Å². The molecule has 0 aliphatic carbocycles. The minimum Gasteiger partial charge on any atom is -0.507 e. The molecule has 0 aliphatic heterocycles. The first-order chi connectivity index (χ1) is 34.2. The summed E-state index contributed by atoms with van der Waals surface area (Å²) in [6.45, 7) is 35.9. The Labute approximate surface area is 436 Å². The second kappa shape index (κ2) is 18.5. The van der Waals surface area contributed by atoms with E-state index in [9.17, 15) is 5.11 Å². The molecule has 0 amide bonds. The molecule has 73 heavy (non-hydrogen) atoms. The number of aromatic hydroxyl groups is 1. The van der Waals surface area contributed by atoms with E-state index < -0.39 is 0 Å². The Hall–Kier alpha value is -7.04. The van der Waals surface area contributed by atoms with Gasteiger partial charge in [-0.25, -0.2) is 4.98 Å². The quantitative estimate of drug-likeness (QED) is 0.173. The third-order valence-electron chi connectivity index (χ3n) is 14.7. The third kappa shape index (κ3) is 10.2. The van der Waals surface area contributed by atoms with E-state index in [1.54, 1.807) is 0 Å². The molecular formula is C69H75N3O. The summed E-state index contributed by atoms with van der Waals surface area (Å²) in [5, 5.41) is 12.8. The van der Waals surface area contributed by atoms with Crippen molar-refractivity contribution in [2.24, 2.45) is 0 Å². The van der Waals surface area contributed by atoms with Crippen LogP contribution in [-0.2, 0) is 27.1 Å². The van der Waals surface area contributed by atoms with E-state index in [1.165, 1.54) is 22.3 Å². The summed E-state index contributed by atoms with van der Waals surface area (Å²) in [7, 11) is 0. The van der Waals surface area contributed by atoms with Crippen LogP contribution in [0, 0.1) is 6.92 Å². The Morgan fingerprint density at radius 3 is 1.55 bits per heavy atom. The molecule has 372 valence electrons. The van der Waals surface area contributed by atoms with Crippen molar-refractivity contribution in [1.29, 1.82) is 0 Å². The summed E-state index contributed by atoms with van der Waals surface area (Å²) < 4.78 is 2.33. The Kier molecular flexibility index (Phi) is 12.9. The lowest BCUT2D eigenvalue weighted by molar-refractivity contribution is 0.446. The zero-order valence-corrected chi connectivity index (χ0v) is 46.3. The van der Waals surface area contributed by atoms with Gasteiger partial charge in [0.05, 0.1) is 28.0 Å². The molecule has 0 spiro atoms. The summed E-state index contributed by atoms with van der Waals surface area (Å²) in [5.41, 5.74) is 20.7. The van der Waals surface area contributed by atoms with Crippen LogP contribution in [0.1, 0.15) is 137 Å². The fraction of sp³-hybridized carbons (Fsp3) is 0.304. The second-order valence-electron chi connectivity index (χ2n) is 25.5. The van der Waals surface area contributed by atoms with Crippen LogP contribution in [-0.4, -0.2) is 19.6 Å². The highest BCUT2D eigenvalue weighted by Crippen LogP contribution is 2.47. The molecule has 7 aromatic carbocycles. The molecular weight excluding hydrogens is 887 g/mol. The maximum Gasteiger partial charge on any atom is 0.149 e. The maximum absolute atomic E-state index is 12.8. The van der Waals surface area contributed by atoms with E-state index in [0.29, 0.717) is 11.4 Å². The van der Waals surface area contributed by atoms with E-state index in [1.807, 2.05) is 6.20 Å². The lowest BCUT2D eigenvalue weighted by Gasteiger charge is -2.28. The highest BCUT2D eigenvalue weighted by molar-refractivity contribution is 5.98. The van der Waals surface area contributed by atoms with Gasteiger partial charge < -0.3 is 5.11 Å². The number of nitrogens with zero attached hydrogens (tertiary/aromatic N) is 3. The number of hydrogen-bond donors (Lipinski definition) is 1. The SMILES string of the molecule is Cc1cc(-n2c(-c3cc(C(C)(C)C)cc(C(C)(C)C)c3O)nc3c(-c4cc(-c5cc(-c6ccc(C(C)(C)C)cc6)ccn5)cc(C(C)(C)C)c4)cccc32)c(-c2ccc(C(C)(C)C)cc2)cc1-c1ccccc1. The maximum atomic E-state index is 12.8. The lowest BCUT2D eigenvalue weighted by atomic mass is 9.79. The van der Waals surface area contributed by atoms with Gasteiger partial charge in [-0.15, -0.1) is 0 Å². The zero-order valence-electron chi connectivity index (χ0n) is 46.3. The van der Waals surface area contributed by atoms with Gasteiger partial charge in [0.15, 0.2) is 0 Å². The number of hydrogen-bond acceptors (Lipinski definition) is 3. The monoisotopic (exact) mass is 962 g/mol. The standard InChI is InChI=1S/C69H75N3O/c1-43-35-61(56(42-55(43)45-21-18-17-19-22-45)46-27-31-51(32-28-46)66(5,6)7)72-60-24-20-23-54(62(60)71-64(72)57-40-53(68(11,12)13)41-58(63(57)73)69(14,15)16)48-36-49(38-52(37-48)67(8,9)10)59-39-47(33-34-70-59)44-25-29-50(30-26-44)65(2,3)4/h17-42,73H,1-16H3. The van der Waals surface area contributed by atoms with E-state index in [4.69, 9.17) is 9.97 Å². The van der Waals surface area contributed by atoms with Crippen LogP contribution < -0.4 is 0 Å². The first kappa shape index (κ1) is 50.9. The van der Waals surface area contributed by atoms with Gasteiger partial charge in [0, 0.05) is 28.5 Å². The number of para-hydroxylation sites is 1. The summed E-state index contributed by atoms with van der Waals surface area (Å²) in [6, 6.07) is 55.6. The van der Waals surface area contributed by atoms with Gasteiger partial charge in [-0.05, 0) is 144 Å². The van der Waals surface area contributed by atoms with Crippen molar-refractivity contribution in [3.8, 4) is 78.6 Å². The number of aryl methyl sites for hydroxylation is 1. The third-order valence-corrected chi connectivity index (χ3v) is 14.7. The minimum absolute atomic E-state index is 0.00426. The molecule has 0 aliphatic rings. The molecule has 0 bridgehead atoms. The molecule has 1 N–H and O–H groups in total. The van der Waals surface area contributed by atoms with Crippen LogP contribution in [0.25, 0.3) is 83.9 Å². The Morgan fingerprint density at radius 1 is 0.397 bits per heavy atom. The molecule has 4 heteroatoms. The number of rotatable bonds is 7. The van der Waals surface area contributed by atoms with Crippen molar-refractivity contribution in [2.45, 2.75) is 138 Å². The van der Waals surface area contributed by atoms with Gasteiger partial charge >= 0.3 is 0 Å². The molecule has 0 unspecified atom stereocenters. The predicted octanol–water partition coefficient (Wildman–Crippen LogP) is 18.9. The molecule has 2 heterocycles. The molecule has 0 saturated heterocycles. The normalized spacial score (nSPS) is 12.7. The summed E-state index contributed by atoms with van der Waals surface area (Å²) in [4.78, 5) is 10.8. The number of benzene rings is 7. The largest absolute Gasteiger partial charge is 0.507 e. The van der Waals surface area contributed by atoms with E-state index >= 15 is 0 Å². The fourth-order valence-corrected chi connectivity index (χ4v) is 10.0. The van der Waals surface area contributed by atoms with Crippen LogP contribution in [0.5, 0.6) is 5.75 Å². The Morgan fingerprint density at radius 2 is 0.959 bits per heavy atom. The number of fused-ring (bicyclic) bond motifs is 1. The smallest absolute Gasteiger partial charge is 0.149 e. The highest BCUT2D eigenvalue weighted by Gasteiger charge is 2.30. The number of imidazole rings is 1. The van der Waals surface area contributed by atoms with Crippen LogP contribution in [0.4, 0.5) is 0 Å². The van der Waals surface area contributed by atoms with Crippen LogP contribution in [0.3, 0.4) is 0 Å². The van der Waals surface area contributed by atoms with Gasteiger partial charge in [-0.3, -0.25) is 9.55 Å². The van der Waals surface area contributed by atoms with Crippen LogP contribution in [0.2, 0.25) is 0 Å². The predicted molar refractivity (Wildman–Crippen MR) is 311 cm³/mol. The molecule has 9 rings (SSSR count). The Balaban J connectivity index is 1.35. The highest BCUT2D eigenvalue weighted by atomic mass is 16.3. The number of phenols is 1. The molecule has 9 aromatic rings. The van der Waals surface area contributed by atoms with E-state index in [2.05, 4.69) is 267 Å². The number of pyridine rings is 1. The first-order valence-electron chi connectivity index (χ1n) is 26.1.